The van der Waals surface area contributed by atoms with Crippen LogP contribution in [0.1, 0.15) is 26.3 Å². The van der Waals surface area contributed by atoms with Crippen molar-refractivity contribution in [2.45, 2.75) is 33.0 Å². The number of carbonyl (C=O) groups excluding carboxylic acids is 2. The van der Waals surface area contributed by atoms with Gasteiger partial charge < -0.3 is 14.4 Å². The van der Waals surface area contributed by atoms with E-state index in [4.69, 9.17) is 9.47 Å². The van der Waals surface area contributed by atoms with Crippen LogP contribution in [0.4, 0.5) is 0 Å². The zero-order chi connectivity index (χ0) is 18.1. The summed E-state index contributed by atoms with van der Waals surface area (Å²) in [5.41, 5.74) is 1.66. The average Bonchev–Trinajstić information content (AvgIpc) is 2.79. The van der Waals surface area contributed by atoms with Crippen LogP contribution in [0.5, 0.6) is 5.75 Å². The van der Waals surface area contributed by atoms with Crippen molar-refractivity contribution in [1.82, 2.24) is 9.80 Å². The van der Waals surface area contributed by atoms with Crippen LogP contribution in [0.25, 0.3) is 5.57 Å². The van der Waals surface area contributed by atoms with Crippen LogP contribution in [0, 0.1) is 0 Å². The van der Waals surface area contributed by atoms with E-state index in [1.54, 1.807) is 0 Å². The Labute approximate surface area is 148 Å². The summed E-state index contributed by atoms with van der Waals surface area (Å²) in [5, 5.41) is 0. The molecular weight excluding hydrogens is 320 g/mol. The molecule has 0 radical (unpaired) electrons. The molecule has 6 heteroatoms. The molecule has 1 fully saturated rings. The van der Waals surface area contributed by atoms with Crippen LogP contribution in [0.2, 0.25) is 0 Å². The zero-order valence-corrected chi connectivity index (χ0v) is 15.1. The minimum absolute atomic E-state index is 0.00615. The number of nitrogens with zero attached hydrogens (tertiary/aromatic N) is 2. The van der Waals surface area contributed by atoms with Gasteiger partial charge in [0.2, 0.25) is 0 Å². The predicted molar refractivity (Wildman–Crippen MR) is 93.9 cm³/mol. The third-order valence-corrected chi connectivity index (χ3v) is 4.45. The highest BCUT2D eigenvalue weighted by Crippen LogP contribution is 2.33. The van der Waals surface area contributed by atoms with Gasteiger partial charge in [-0.05, 0) is 38.5 Å². The Bertz CT molecular complexity index is 701. The van der Waals surface area contributed by atoms with Crippen LogP contribution < -0.4 is 4.74 Å². The molecule has 1 saturated heterocycles. The average molecular weight is 344 g/mol. The molecule has 2 aliphatic rings. The fourth-order valence-electron chi connectivity index (χ4n) is 3.43. The number of amides is 2. The van der Waals surface area contributed by atoms with Crippen LogP contribution in [-0.4, -0.2) is 60.6 Å². The lowest BCUT2D eigenvalue weighted by molar-refractivity contribution is -0.136. The Morgan fingerprint density at radius 2 is 1.68 bits per heavy atom. The second kappa shape index (κ2) is 6.88. The molecule has 0 saturated carbocycles. The highest BCUT2D eigenvalue weighted by atomic mass is 16.5. The second-order valence-electron chi connectivity index (χ2n) is 6.51. The number of likely N-dealkylation sites (N-methyl/N-ethyl adjacent to an activating group) is 1. The molecular formula is C19H24N2O4. The topological polar surface area (TPSA) is 59.1 Å². The van der Waals surface area contributed by atoms with Gasteiger partial charge >= 0.3 is 0 Å². The maximum atomic E-state index is 12.7. The van der Waals surface area contributed by atoms with Gasteiger partial charge in [-0.25, -0.2) is 0 Å². The molecule has 6 nitrogen and oxygen atoms in total. The van der Waals surface area contributed by atoms with Crippen molar-refractivity contribution >= 4 is 17.4 Å². The summed E-state index contributed by atoms with van der Waals surface area (Å²) in [6.45, 7) is 7.63. The summed E-state index contributed by atoms with van der Waals surface area (Å²) in [4.78, 5) is 28.6. The number of morpholine rings is 1. The summed E-state index contributed by atoms with van der Waals surface area (Å²) < 4.78 is 11.2. The van der Waals surface area contributed by atoms with Crippen LogP contribution in [0.3, 0.4) is 0 Å². The maximum Gasteiger partial charge on any atom is 0.277 e. The van der Waals surface area contributed by atoms with Gasteiger partial charge in [0, 0.05) is 20.1 Å². The van der Waals surface area contributed by atoms with Crippen LogP contribution >= 0.6 is 0 Å². The standard InChI is InChI=1S/C19H24N2O4/c1-5-24-15-8-6-14(7-9-15)16-17(19(23)20(4)18(16)22)21-10-12(2)25-13(3)11-21/h6-9,12-13H,5,10-11H2,1-4H3. The Kier molecular flexibility index (Phi) is 4.81. The molecule has 1 aromatic carbocycles. The van der Waals surface area contributed by atoms with Gasteiger partial charge in [-0.1, -0.05) is 12.1 Å². The van der Waals surface area contributed by atoms with Gasteiger partial charge in [0.15, 0.2) is 0 Å². The number of ether oxygens (including phenoxy) is 2. The van der Waals surface area contributed by atoms with E-state index in [1.165, 1.54) is 11.9 Å². The monoisotopic (exact) mass is 344 g/mol. The lowest BCUT2D eigenvalue weighted by Crippen LogP contribution is -2.46. The van der Waals surface area contributed by atoms with E-state index in [1.807, 2.05) is 49.9 Å². The lowest BCUT2D eigenvalue weighted by Gasteiger charge is -2.37. The highest BCUT2D eigenvalue weighted by molar-refractivity contribution is 6.35. The number of hydrogen-bond donors (Lipinski definition) is 0. The molecule has 2 aliphatic heterocycles. The zero-order valence-electron chi connectivity index (χ0n) is 15.1. The summed E-state index contributed by atoms with van der Waals surface area (Å²) in [5.74, 6) is 0.221. The van der Waals surface area contributed by atoms with Crippen molar-refractivity contribution < 1.29 is 19.1 Å². The fourth-order valence-corrected chi connectivity index (χ4v) is 3.43. The van der Waals surface area contributed by atoms with Gasteiger partial charge in [0.05, 0.1) is 24.4 Å². The van der Waals surface area contributed by atoms with Crippen molar-refractivity contribution in [2.75, 3.05) is 26.7 Å². The molecule has 134 valence electrons. The minimum Gasteiger partial charge on any atom is -0.494 e. The molecule has 0 bridgehead atoms. The normalized spacial score (nSPS) is 24.3. The molecule has 2 heterocycles. The van der Waals surface area contributed by atoms with Crippen molar-refractivity contribution in [2.24, 2.45) is 0 Å². The first kappa shape index (κ1) is 17.5. The minimum atomic E-state index is -0.268. The SMILES string of the molecule is CCOc1ccc(C2=C(N3CC(C)OC(C)C3)C(=O)N(C)C2=O)cc1. The van der Waals surface area contributed by atoms with Crippen molar-refractivity contribution in [1.29, 1.82) is 0 Å². The van der Waals surface area contributed by atoms with E-state index in [0.717, 1.165) is 11.3 Å². The van der Waals surface area contributed by atoms with E-state index in [0.29, 0.717) is 31.0 Å². The second-order valence-corrected chi connectivity index (χ2v) is 6.51. The number of rotatable bonds is 4. The van der Waals surface area contributed by atoms with E-state index in [9.17, 15) is 9.59 Å². The van der Waals surface area contributed by atoms with Crippen molar-refractivity contribution in [3.05, 3.63) is 35.5 Å². The number of hydrogen-bond acceptors (Lipinski definition) is 5. The largest absolute Gasteiger partial charge is 0.494 e. The van der Waals surface area contributed by atoms with Crippen LogP contribution in [0.15, 0.2) is 30.0 Å². The smallest absolute Gasteiger partial charge is 0.277 e. The summed E-state index contributed by atoms with van der Waals surface area (Å²) in [6, 6.07) is 7.31. The Morgan fingerprint density at radius 3 is 2.24 bits per heavy atom. The third kappa shape index (κ3) is 3.26. The van der Waals surface area contributed by atoms with E-state index >= 15 is 0 Å². The van der Waals surface area contributed by atoms with Crippen LogP contribution in [-0.2, 0) is 14.3 Å². The molecule has 1 aromatic rings. The predicted octanol–water partition coefficient (Wildman–Crippen LogP) is 1.90. The summed E-state index contributed by atoms with van der Waals surface area (Å²) in [7, 11) is 1.53. The quantitative estimate of drug-likeness (QED) is 0.781. The Balaban J connectivity index is 2.02. The van der Waals surface area contributed by atoms with Gasteiger partial charge in [0.1, 0.15) is 11.4 Å². The molecule has 2 atom stereocenters. The lowest BCUT2D eigenvalue weighted by atomic mass is 10.0. The number of carbonyl (C=O) groups is 2. The summed E-state index contributed by atoms with van der Waals surface area (Å²) in [6.07, 6.45) is 0.0123. The van der Waals surface area contributed by atoms with Gasteiger partial charge in [-0.3, -0.25) is 14.5 Å². The molecule has 0 N–H and O–H groups in total. The molecule has 0 aromatic heterocycles. The van der Waals surface area contributed by atoms with Crippen molar-refractivity contribution in [3.8, 4) is 5.75 Å². The molecule has 3 rings (SSSR count). The van der Waals surface area contributed by atoms with Gasteiger partial charge in [-0.15, -0.1) is 0 Å². The fraction of sp³-hybridized carbons (Fsp3) is 0.474. The first-order chi connectivity index (χ1) is 11.9. The molecule has 2 amide bonds. The maximum absolute atomic E-state index is 12.7. The van der Waals surface area contributed by atoms with Gasteiger partial charge in [-0.2, -0.15) is 0 Å². The van der Waals surface area contributed by atoms with Gasteiger partial charge in [0.25, 0.3) is 11.8 Å². The van der Waals surface area contributed by atoms with E-state index < -0.39 is 0 Å². The number of benzene rings is 1. The molecule has 25 heavy (non-hydrogen) atoms. The first-order valence-electron chi connectivity index (χ1n) is 8.62. The Hall–Kier alpha value is -2.34. The molecule has 0 aliphatic carbocycles. The highest BCUT2D eigenvalue weighted by Gasteiger charge is 2.41. The molecule has 0 spiro atoms. The summed E-state index contributed by atoms with van der Waals surface area (Å²) >= 11 is 0. The van der Waals surface area contributed by atoms with E-state index in [-0.39, 0.29) is 24.0 Å². The third-order valence-electron chi connectivity index (χ3n) is 4.45. The van der Waals surface area contributed by atoms with E-state index in [2.05, 4.69) is 0 Å². The molecule has 2 unspecified atom stereocenters. The van der Waals surface area contributed by atoms with Crippen molar-refractivity contribution in [3.63, 3.8) is 0 Å². The Morgan fingerprint density at radius 1 is 1.08 bits per heavy atom. The first-order valence-corrected chi connectivity index (χ1v) is 8.62. The number of imide groups is 1.